The van der Waals surface area contributed by atoms with E-state index in [1.54, 1.807) is 18.2 Å². The highest BCUT2D eigenvalue weighted by atomic mass is 79.9. The monoisotopic (exact) mass is 340 g/mol. The number of halogens is 2. The van der Waals surface area contributed by atoms with Gasteiger partial charge >= 0.3 is 0 Å². The number of nitrogens with two attached hydrogens (primary N) is 1. The van der Waals surface area contributed by atoms with Crippen molar-refractivity contribution in [2.24, 2.45) is 5.14 Å². The molecule has 0 atom stereocenters. The van der Waals surface area contributed by atoms with Gasteiger partial charge in [0.2, 0.25) is 10.0 Å². The van der Waals surface area contributed by atoms with Crippen molar-refractivity contribution in [1.82, 2.24) is 5.32 Å². The van der Waals surface area contributed by atoms with Crippen molar-refractivity contribution in [2.45, 2.75) is 0 Å². The van der Waals surface area contributed by atoms with E-state index in [9.17, 15) is 13.2 Å². The number of hydrogen-bond donors (Lipinski definition) is 2. The van der Waals surface area contributed by atoms with Crippen LogP contribution in [-0.2, 0) is 10.0 Å². The first-order valence-electron chi connectivity index (χ1n) is 4.53. The van der Waals surface area contributed by atoms with Gasteiger partial charge in [0, 0.05) is 11.0 Å². The van der Waals surface area contributed by atoms with Gasteiger partial charge < -0.3 is 5.32 Å². The minimum absolute atomic E-state index is 0.0551. The number of nitrogens with one attached hydrogen (secondary N) is 1. The van der Waals surface area contributed by atoms with E-state index in [1.165, 1.54) is 0 Å². The van der Waals surface area contributed by atoms with Crippen LogP contribution >= 0.6 is 27.5 Å². The molecule has 0 aromatic heterocycles. The number of hydrogen-bond acceptors (Lipinski definition) is 3. The molecule has 0 unspecified atom stereocenters. The third-order valence-corrected chi connectivity index (χ3v) is 3.44. The van der Waals surface area contributed by atoms with E-state index in [2.05, 4.69) is 21.2 Å². The Morgan fingerprint density at radius 2 is 2.12 bits per heavy atom. The lowest BCUT2D eigenvalue weighted by Crippen LogP contribution is -2.31. The van der Waals surface area contributed by atoms with Crippen LogP contribution in [0.1, 0.15) is 10.4 Å². The molecule has 0 radical (unpaired) electrons. The molecule has 5 nitrogen and oxygen atoms in total. The van der Waals surface area contributed by atoms with Gasteiger partial charge in [0.1, 0.15) is 0 Å². The van der Waals surface area contributed by atoms with Crippen molar-refractivity contribution in [1.29, 1.82) is 0 Å². The fourth-order valence-electron chi connectivity index (χ4n) is 1.07. The molecular weight excluding hydrogens is 332 g/mol. The number of rotatable bonds is 4. The number of carbonyl (C=O) groups is 1. The second-order valence-electron chi connectivity index (χ2n) is 3.25. The van der Waals surface area contributed by atoms with Crippen molar-refractivity contribution in [3.05, 3.63) is 33.3 Å². The van der Waals surface area contributed by atoms with Crippen LogP contribution in [-0.4, -0.2) is 26.6 Å². The number of amides is 1. The van der Waals surface area contributed by atoms with E-state index in [0.717, 1.165) is 0 Å². The molecule has 0 aliphatic heterocycles. The van der Waals surface area contributed by atoms with Crippen LogP contribution in [0.4, 0.5) is 0 Å². The minimum Gasteiger partial charge on any atom is -0.351 e. The molecule has 1 rings (SSSR count). The van der Waals surface area contributed by atoms with Crippen molar-refractivity contribution in [3.63, 3.8) is 0 Å². The lowest BCUT2D eigenvalue weighted by molar-refractivity contribution is 0.0956. The Bertz CT molecular complexity index is 533. The van der Waals surface area contributed by atoms with Gasteiger partial charge in [0.05, 0.1) is 16.3 Å². The summed E-state index contributed by atoms with van der Waals surface area (Å²) in [5.74, 6) is -0.760. The predicted octanol–water partition coefficient (Wildman–Crippen LogP) is 1.12. The maximum atomic E-state index is 11.7. The Morgan fingerprint density at radius 3 is 2.71 bits per heavy atom. The van der Waals surface area contributed by atoms with Crippen molar-refractivity contribution in [2.75, 3.05) is 12.3 Å². The summed E-state index contributed by atoms with van der Waals surface area (Å²) in [7, 11) is -3.58. The van der Waals surface area contributed by atoms with Crippen LogP contribution in [0.25, 0.3) is 0 Å². The molecule has 0 spiro atoms. The zero-order chi connectivity index (χ0) is 13.1. The van der Waals surface area contributed by atoms with Gasteiger partial charge in [0.25, 0.3) is 5.91 Å². The fraction of sp³-hybridized carbons (Fsp3) is 0.222. The summed E-state index contributed by atoms with van der Waals surface area (Å²) in [6, 6.07) is 4.82. The number of carbonyl (C=O) groups excluding carboxylic acids is 1. The maximum absolute atomic E-state index is 11.7. The molecule has 0 aliphatic carbocycles. The summed E-state index contributed by atoms with van der Waals surface area (Å²) in [5.41, 5.74) is 0.274. The fourth-order valence-corrected chi connectivity index (χ4v) is 2.02. The van der Waals surface area contributed by atoms with Crippen molar-refractivity contribution >= 4 is 43.5 Å². The summed E-state index contributed by atoms with van der Waals surface area (Å²) >= 11 is 9.05. The summed E-state index contributed by atoms with van der Waals surface area (Å²) < 4.78 is 22.0. The zero-order valence-electron chi connectivity index (χ0n) is 8.61. The highest BCUT2D eigenvalue weighted by molar-refractivity contribution is 9.10. The summed E-state index contributed by atoms with van der Waals surface area (Å²) in [4.78, 5) is 11.7. The van der Waals surface area contributed by atoms with E-state index < -0.39 is 15.9 Å². The summed E-state index contributed by atoms with van der Waals surface area (Å²) in [6.07, 6.45) is 0. The van der Waals surface area contributed by atoms with Gasteiger partial charge in [-0.1, -0.05) is 27.5 Å². The Labute approximate surface area is 113 Å². The van der Waals surface area contributed by atoms with Gasteiger partial charge in [-0.25, -0.2) is 13.6 Å². The van der Waals surface area contributed by atoms with Crippen LogP contribution < -0.4 is 10.5 Å². The molecule has 0 heterocycles. The molecule has 3 N–H and O–H groups in total. The molecule has 0 saturated heterocycles. The second-order valence-corrected chi connectivity index (χ2v) is 6.30. The normalized spacial score (nSPS) is 11.2. The molecule has 0 bridgehead atoms. The minimum atomic E-state index is -3.58. The van der Waals surface area contributed by atoms with Gasteiger partial charge in [-0.2, -0.15) is 0 Å². The summed E-state index contributed by atoms with van der Waals surface area (Å²) in [5, 5.41) is 7.51. The maximum Gasteiger partial charge on any atom is 0.252 e. The molecule has 94 valence electrons. The lowest BCUT2D eigenvalue weighted by Gasteiger charge is -2.06. The molecular formula is C9H10BrClN2O3S. The molecule has 1 amide bonds. The average Bonchev–Trinajstić information content (AvgIpc) is 2.19. The zero-order valence-corrected chi connectivity index (χ0v) is 11.8. The highest BCUT2D eigenvalue weighted by Crippen LogP contribution is 2.20. The van der Waals surface area contributed by atoms with Crippen molar-refractivity contribution < 1.29 is 13.2 Å². The first kappa shape index (κ1) is 14.4. The topological polar surface area (TPSA) is 89.3 Å². The summed E-state index contributed by atoms with van der Waals surface area (Å²) in [6.45, 7) is -0.0551. The van der Waals surface area contributed by atoms with Crippen LogP contribution in [0, 0.1) is 0 Å². The molecule has 0 fully saturated rings. The van der Waals surface area contributed by atoms with E-state index in [0.29, 0.717) is 9.50 Å². The van der Waals surface area contributed by atoms with E-state index in [1.807, 2.05) is 0 Å². The third-order valence-electron chi connectivity index (χ3n) is 1.85. The second kappa shape index (κ2) is 5.81. The van der Waals surface area contributed by atoms with Gasteiger partial charge in [-0.05, 0) is 18.2 Å². The van der Waals surface area contributed by atoms with E-state index in [-0.39, 0.29) is 17.9 Å². The molecule has 0 saturated carbocycles. The van der Waals surface area contributed by atoms with Crippen LogP contribution in [0.15, 0.2) is 22.7 Å². The smallest absolute Gasteiger partial charge is 0.252 e. The molecule has 17 heavy (non-hydrogen) atoms. The number of primary sulfonamides is 1. The van der Waals surface area contributed by atoms with E-state index in [4.69, 9.17) is 16.7 Å². The lowest BCUT2D eigenvalue weighted by atomic mass is 10.2. The number of sulfonamides is 1. The predicted molar refractivity (Wildman–Crippen MR) is 69.5 cm³/mol. The van der Waals surface area contributed by atoms with Crippen LogP contribution in [0.3, 0.4) is 0 Å². The number of benzene rings is 1. The van der Waals surface area contributed by atoms with Gasteiger partial charge in [0.15, 0.2) is 0 Å². The quantitative estimate of drug-likeness (QED) is 0.860. The molecule has 0 aliphatic rings. The van der Waals surface area contributed by atoms with Crippen LogP contribution in [0.2, 0.25) is 5.02 Å². The van der Waals surface area contributed by atoms with Gasteiger partial charge in [-0.3, -0.25) is 4.79 Å². The SMILES string of the molecule is NS(=O)(=O)CCNC(=O)c1cc(Br)ccc1Cl. The average molecular weight is 342 g/mol. The van der Waals surface area contributed by atoms with E-state index >= 15 is 0 Å². The standard InChI is InChI=1S/C9H10BrClN2O3S/c10-6-1-2-8(11)7(5-6)9(14)13-3-4-17(12,15)16/h1-2,5H,3-4H2,(H,13,14)(H2,12,15,16). The van der Waals surface area contributed by atoms with Crippen molar-refractivity contribution in [3.8, 4) is 0 Å². The Morgan fingerprint density at radius 1 is 1.47 bits per heavy atom. The Kier molecular flexibility index (Phi) is 4.93. The first-order chi connectivity index (χ1) is 7.79. The Balaban J connectivity index is 2.67. The largest absolute Gasteiger partial charge is 0.351 e. The third kappa shape index (κ3) is 5.03. The van der Waals surface area contributed by atoms with Crippen LogP contribution in [0.5, 0.6) is 0 Å². The molecule has 1 aromatic rings. The Hall–Kier alpha value is -0.630. The molecule has 8 heteroatoms. The van der Waals surface area contributed by atoms with Gasteiger partial charge in [-0.15, -0.1) is 0 Å². The molecule has 1 aromatic carbocycles. The first-order valence-corrected chi connectivity index (χ1v) is 7.42. The highest BCUT2D eigenvalue weighted by Gasteiger charge is 2.11.